The smallest absolute Gasteiger partial charge is 0.267 e. The van der Waals surface area contributed by atoms with Crippen LogP contribution in [-0.2, 0) is 6.61 Å². The Labute approximate surface area is 212 Å². The van der Waals surface area contributed by atoms with Crippen LogP contribution in [0.15, 0.2) is 71.7 Å². The molecule has 0 bridgehead atoms. The van der Waals surface area contributed by atoms with Gasteiger partial charge in [0.2, 0.25) is 0 Å². The molecule has 0 radical (unpaired) electrons. The summed E-state index contributed by atoms with van der Waals surface area (Å²) in [4.78, 5) is 18.3. The van der Waals surface area contributed by atoms with E-state index in [1.165, 1.54) is 4.40 Å². The Bertz CT molecular complexity index is 1640. The summed E-state index contributed by atoms with van der Waals surface area (Å²) in [6.45, 7) is 6.15. The van der Waals surface area contributed by atoms with Crippen molar-refractivity contribution in [2.24, 2.45) is 0 Å². The van der Waals surface area contributed by atoms with E-state index < -0.39 is 0 Å². The minimum absolute atomic E-state index is 0.215. The van der Waals surface area contributed by atoms with E-state index in [0.717, 1.165) is 22.5 Å². The third-order valence-corrected chi connectivity index (χ3v) is 6.67. The summed E-state index contributed by atoms with van der Waals surface area (Å²) in [5.41, 5.74) is 5.60. The number of benzene rings is 2. The van der Waals surface area contributed by atoms with Crippen molar-refractivity contribution < 1.29 is 4.74 Å². The molecule has 0 aliphatic rings. The average molecular weight is 505 g/mol. The summed E-state index contributed by atoms with van der Waals surface area (Å²) in [5.74, 6) is 0.542. The van der Waals surface area contributed by atoms with Crippen molar-refractivity contribution >= 4 is 28.8 Å². The molecule has 0 saturated carbocycles. The molecule has 0 amide bonds. The number of aromatic nitrogens is 4. The fourth-order valence-electron chi connectivity index (χ4n) is 4.05. The molecular weight excluding hydrogens is 483 g/mol. The zero-order valence-corrected chi connectivity index (χ0v) is 20.9. The molecule has 8 heteroatoms. The quantitative estimate of drug-likeness (QED) is 0.279. The van der Waals surface area contributed by atoms with Gasteiger partial charge < -0.3 is 4.74 Å². The van der Waals surface area contributed by atoms with Gasteiger partial charge in [-0.1, -0.05) is 47.5 Å². The fourth-order valence-corrected chi connectivity index (χ4v) is 4.35. The van der Waals surface area contributed by atoms with E-state index in [2.05, 4.69) is 5.10 Å². The SMILES string of the molecule is Cc1ccccc1COc1cccn2c(=O)c(-c3cc(C)n(-c4ccc(Cl)c(Cl)c4)n3)c(C)nc12. The zero-order chi connectivity index (χ0) is 24.7. The number of halogens is 2. The van der Waals surface area contributed by atoms with E-state index in [1.807, 2.05) is 63.2 Å². The number of rotatable bonds is 5. The van der Waals surface area contributed by atoms with Crippen LogP contribution in [0.4, 0.5) is 0 Å². The average Bonchev–Trinajstić information content (AvgIpc) is 3.21. The predicted molar refractivity (Wildman–Crippen MR) is 139 cm³/mol. The van der Waals surface area contributed by atoms with E-state index in [1.54, 1.807) is 29.1 Å². The fraction of sp³-hybridized carbons (Fsp3) is 0.148. The van der Waals surface area contributed by atoms with Crippen LogP contribution in [-0.4, -0.2) is 19.2 Å². The molecule has 0 atom stereocenters. The van der Waals surface area contributed by atoms with Crippen LogP contribution in [0.25, 0.3) is 22.6 Å². The van der Waals surface area contributed by atoms with Gasteiger partial charge in [0.1, 0.15) is 12.3 Å². The maximum absolute atomic E-state index is 13.6. The Morgan fingerprint density at radius 1 is 0.943 bits per heavy atom. The number of pyridine rings is 1. The second-order valence-electron chi connectivity index (χ2n) is 8.34. The summed E-state index contributed by atoms with van der Waals surface area (Å²) < 4.78 is 9.31. The summed E-state index contributed by atoms with van der Waals surface area (Å²) in [6.07, 6.45) is 1.69. The molecular formula is C27H22Cl2N4O2. The normalized spacial score (nSPS) is 11.2. The molecule has 176 valence electrons. The molecule has 0 aliphatic carbocycles. The van der Waals surface area contributed by atoms with Gasteiger partial charge in [0.15, 0.2) is 11.4 Å². The van der Waals surface area contributed by atoms with Crippen LogP contribution in [0.1, 0.15) is 22.5 Å². The van der Waals surface area contributed by atoms with E-state index in [4.69, 9.17) is 32.9 Å². The minimum Gasteiger partial charge on any atom is -0.485 e. The molecule has 0 unspecified atom stereocenters. The largest absolute Gasteiger partial charge is 0.485 e. The molecule has 0 N–H and O–H groups in total. The monoisotopic (exact) mass is 504 g/mol. The summed E-state index contributed by atoms with van der Waals surface area (Å²) in [6, 6.07) is 18.8. The highest BCUT2D eigenvalue weighted by molar-refractivity contribution is 6.42. The van der Waals surface area contributed by atoms with E-state index in [-0.39, 0.29) is 5.56 Å². The van der Waals surface area contributed by atoms with Crippen molar-refractivity contribution in [1.82, 2.24) is 19.2 Å². The first kappa shape index (κ1) is 23.1. The number of hydrogen-bond donors (Lipinski definition) is 0. The first-order valence-electron chi connectivity index (χ1n) is 11.0. The molecule has 0 spiro atoms. The summed E-state index contributed by atoms with van der Waals surface area (Å²) in [5, 5.41) is 5.59. The topological polar surface area (TPSA) is 61.4 Å². The summed E-state index contributed by atoms with van der Waals surface area (Å²) in [7, 11) is 0. The number of ether oxygens (including phenoxy) is 1. The lowest BCUT2D eigenvalue weighted by molar-refractivity contribution is 0.307. The van der Waals surface area contributed by atoms with Crippen molar-refractivity contribution in [3.63, 3.8) is 0 Å². The zero-order valence-electron chi connectivity index (χ0n) is 19.4. The van der Waals surface area contributed by atoms with Crippen molar-refractivity contribution in [3.05, 3.63) is 110 Å². The Hall–Kier alpha value is -3.61. The molecule has 5 aromatic rings. The Balaban J connectivity index is 1.56. The molecule has 35 heavy (non-hydrogen) atoms. The van der Waals surface area contributed by atoms with Gasteiger partial charge >= 0.3 is 0 Å². The Kier molecular flexibility index (Phi) is 6.09. The van der Waals surface area contributed by atoms with Gasteiger partial charge in [0, 0.05) is 11.9 Å². The van der Waals surface area contributed by atoms with E-state index in [0.29, 0.717) is 45.0 Å². The van der Waals surface area contributed by atoms with Gasteiger partial charge in [-0.05, 0) is 68.3 Å². The lowest BCUT2D eigenvalue weighted by Crippen LogP contribution is -2.19. The highest BCUT2D eigenvalue weighted by Gasteiger charge is 2.18. The van der Waals surface area contributed by atoms with E-state index in [9.17, 15) is 4.79 Å². The standard InChI is InChI=1S/C27H22Cl2N4O2/c1-16-7-4-5-8-19(16)15-35-24-9-6-12-32-26(24)30-18(3)25(27(32)34)23-13-17(2)33(31-23)20-10-11-21(28)22(29)14-20/h4-14H,15H2,1-3H3. The van der Waals surface area contributed by atoms with Crippen LogP contribution >= 0.6 is 23.2 Å². The van der Waals surface area contributed by atoms with Gasteiger partial charge in [-0.15, -0.1) is 0 Å². The van der Waals surface area contributed by atoms with Gasteiger partial charge in [-0.3, -0.25) is 9.20 Å². The third kappa shape index (κ3) is 4.31. The van der Waals surface area contributed by atoms with Gasteiger partial charge in [0.05, 0.1) is 27.0 Å². The Morgan fingerprint density at radius 3 is 2.51 bits per heavy atom. The first-order valence-corrected chi connectivity index (χ1v) is 11.8. The van der Waals surface area contributed by atoms with Crippen molar-refractivity contribution in [2.45, 2.75) is 27.4 Å². The van der Waals surface area contributed by atoms with E-state index >= 15 is 0 Å². The molecule has 6 nitrogen and oxygen atoms in total. The van der Waals surface area contributed by atoms with Gasteiger partial charge in [-0.2, -0.15) is 5.10 Å². The lowest BCUT2D eigenvalue weighted by Gasteiger charge is -2.12. The van der Waals surface area contributed by atoms with Gasteiger partial charge in [0.25, 0.3) is 5.56 Å². The molecule has 3 aromatic heterocycles. The minimum atomic E-state index is -0.215. The van der Waals surface area contributed by atoms with Crippen LogP contribution in [0, 0.1) is 20.8 Å². The Morgan fingerprint density at radius 2 is 1.74 bits per heavy atom. The van der Waals surface area contributed by atoms with Crippen molar-refractivity contribution in [2.75, 3.05) is 0 Å². The molecule has 0 aliphatic heterocycles. The lowest BCUT2D eigenvalue weighted by atomic mass is 10.1. The van der Waals surface area contributed by atoms with Crippen LogP contribution in [0.3, 0.4) is 0 Å². The second-order valence-corrected chi connectivity index (χ2v) is 9.15. The number of aryl methyl sites for hydroxylation is 3. The highest BCUT2D eigenvalue weighted by atomic mass is 35.5. The number of hydrogen-bond acceptors (Lipinski definition) is 4. The maximum Gasteiger partial charge on any atom is 0.267 e. The van der Waals surface area contributed by atoms with Crippen LogP contribution in [0.5, 0.6) is 5.75 Å². The summed E-state index contributed by atoms with van der Waals surface area (Å²) >= 11 is 12.3. The first-order chi connectivity index (χ1) is 16.8. The molecule has 3 heterocycles. The highest BCUT2D eigenvalue weighted by Crippen LogP contribution is 2.27. The molecule has 0 fully saturated rings. The number of fused-ring (bicyclic) bond motifs is 1. The molecule has 0 saturated heterocycles. The van der Waals surface area contributed by atoms with Crippen molar-refractivity contribution in [3.8, 4) is 22.7 Å². The van der Waals surface area contributed by atoms with Crippen molar-refractivity contribution in [1.29, 1.82) is 0 Å². The number of nitrogens with zero attached hydrogens (tertiary/aromatic N) is 4. The maximum atomic E-state index is 13.6. The van der Waals surface area contributed by atoms with Crippen LogP contribution < -0.4 is 10.3 Å². The predicted octanol–water partition coefficient (Wildman–Crippen LogP) is 6.36. The molecule has 5 rings (SSSR count). The molecule has 2 aromatic carbocycles. The van der Waals surface area contributed by atoms with Gasteiger partial charge in [-0.25, -0.2) is 9.67 Å². The third-order valence-electron chi connectivity index (χ3n) is 5.94. The second kappa shape index (κ2) is 9.21. The van der Waals surface area contributed by atoms with Crippen LogP contribution in [0.2, 0.25) is 10.0 Å².